The van der Waals surface area contributed by atoms with Gasteiger partial charge in [0.15, 0.2) is 0 Å². The standard InChI is InChI=1S/C35H43N3O3/c1-7-37-33(36-38(34(37)40)24-27-15-18-30(19-16-27)35(4,5)6)14-10-12-26-11-9-13-29(22-26)31-23-28(21-25(3)39)17-20-32(31)41-8-2/h9,11,13,15-20,22-23H,7-8,10,12,14,21,24H2,1-6H3. The number of Topliss-reactive ketones (excluding diaryl/α,β-unsaturated/α-hetero) is 1. The van der Waals surface area contributed by atoms with Crippen LogP contribution in [0, 0.1) is 0 Å². The van der Waals surface area contributed by atoms with Crippen molar-refractivity contribution in [3.63, 3.8) is 0 Å². The van der Waals surface area contributed by atoms with Gasteiger partial charge in [0.2, 0.25) is 0 Å². The summed E-state index contributed by atoms with van der Waals surface area (Å²) in [5.41, 5.74) is 6.66. The van der Waals surface area contributed by atoms with Crippen LogP contribution >= 0.6 is 0 Å². The van der Waals surface area contributed by atoms with Crippen LogP contribution in [0.4, 0.5) is 0 Å². The third kappa shape index (κ3) is 7.63. The fourth-order valence-corrected chi connectivity index (χ4v) is 5.20. The average molecular weight is 554 g/mol. The summed E-state index contributed by atoms with van der Waals surface area (Å²) in [7, 11) is 0. The van der Waals surface area contributed by atoms with E-state index in [1.54, 1.807) is 16.2 Å². The fourth-order valence-electron chi connectivity index (χ4n) is 5.20. The van der Waals surface area contributed by atoms with E-state index in [4.69, 9.17) is 9.84 Å². The average Bonchev–Trinajstić information content (AvgIpc) is 3.22. The molecule has 0 aliphatic carbocycles. The molecule has 4 rings (SSSR count). The zero-order valence-corrected chi connectivity index (χ0v) is 25.4. The van der Waals surface area contributed by atoms with Crippen LogP contribution in [0.1, 0.15) is 76.0 Å². The minimum Gasteiger partial charge on any atom is -0.493 e. The van der Waals surface area contributed by atoms with Crippen molar-refractivity contribution >= 4 is 5.78 Å². The molecule has 4 aromatic rings. The first-order valence-corrected chi connectivity index (χ1v) is 14.7. The number of ketones is 1. The summed E-state index contributed by atoms with van der Waals surface area (Å²) in [6.45, 7) is 13.8. The summed E-state index contributed by atoms with van der Waals surface area (Å²) in [6.07, 6.45) is 2.88. The largest absolute Gasteiger partial charge is 0.493 e. The lowest BCUT2D eigenvalue weighted by molar-refractivity contribution is -0.116. The van der Waals surface area contributed by atoms with Gasteiger partial charge in [-0.3, -0.25) is 9.36 Å². The minimum absolute atomic E-state index is 0.0571. The first kappa shape index (κ1) is 30.0. The molecule has 0 saturated heterocycles. The molecular formula is C35H43N3O3. The predicted molar refractivity (Wildman–Crippen MR) is 166 cm³/mol. The number of hydrogen-bond acceptors (Lipinski definition) is 4. The molecule has 0 spiro atoms. The first-order chi connectivity index (χ1) is 19.6. The van der Waals surface area contributed by atoms with Crippen LogP contribution in [0.3, 0.4) is 0 Å². The van der Waals surface area contributed by atoms with E-state index in [0.29, 0.717) is 26.1 Å². The molecule has 0 aliphatic rings. The SMILES string of the molecule is CCOc1ccc(CC(C)=O)cc1-c1cccc(CCCc2nn(Cc3ccc(C(C)(C)C)cc3)c(=O)n2CC)c1. The summed E-state index contributed by atoms with van der Waals surface area (Å²) in [5, 5.41) is 4.73. The maximum absolute atomic E-state index is 13.1. The molecule has 0 radical (unpaired) electrons. The second kappa shape index (κ2) is 13.2. The van der Waals surface area contributed by atoms with Crippen molar-refractivity contribution in [2.45, 2.75) is 85.7 Å². The number of hydrogen-bond donors (Lipinski definition) is 0. The van der Waals surface area contributed by atoms with E-state index in [1.807, 2.05) is 26.0 Å². The topological polar surface area (TPSA) is 66.1 Å². The van der Waals surface area contributed by atoms with E-state index in [0.717, 1.165) is 53.1 Å². The highest BCUT2D eigenvalue weighted by atomic mass is 16.5. The molecule has 0 atom stereocenters. The number of aryl methyl sites for hydroxylation is 2. The number of nitrogens with zero attached hydrogens (tertiary/aromatic N) is 3. The minimum atomic E-state index is -0.0571. The molecule has 1 aromatic heterocycles. The second-order valence-corrected chi connectivity index (χ2v) is 11.7. The smallest absolute Gasteiger partial charge is 0.346 e. The summed E-state index contributed by atoms with van der Waals surface area (Å²) in [4.78, 5) is 24.8. The zero-order chi connectivity index (χ0) is 29.6. The van der Waals surface area contributed by atoms with Gasteiger partial charge in [0, 0.05) is 24.9 Å². The second-order valence-electron chi connectivity index (χ2n) is 11.7. The third-order valence-electron chi connectivity index (χ3n) is 7.37. The number of rotatable bonds is 12. The van der Waals surface area contributed by atoms with Gasteiger partial charge in [-0.05, 0) is 79.0 Å². The van der Waals surface area contributed by atoms with E-state index >= 15 is 0 Å². The quantitative estimate of drug-likeness (QED) is 0.194. The van der Waals surface area contributed by atoms with Gasteiger partial charge in [0.25, 0.3) is 0 Å². The lowest BCUT2D eigenvalue weighted by Gasteiger charge is -2.19. The number of carbonyl (C=O) groups is 1. The third-order valence-corrected chi connectivity index (χ3v) is 7.37. The Kier molecular flexibility index (Phi) is 9.64. The van der Waals surface area contributed by atoms with Crippen LogP contribution in [0.5, 0.6) is 5.75 Å². The normalized spacial score (nSPS) is 11.6. The van der Waals surface area contributed by atoms with Crippen molar-refractivity contribution in [1.82, 2.24) is 14.3 Å². The molecule has 0 unspecified atom stereocenters. The highest BCUT2D eigenvalue weighted by molar-refractivity contribution is 5.80. The van der Waals surface area contributed by atoms with Crippen LogP contribution < -0.4 is 10.4 Å². The molecule has 6 nitrogen and oxygen atoms in total. The van der Waals surface area contributed by atoms with Crippen LogP contribution in [-0.4, -0.2) is 26.7 Å². The van der Waals surface area contributed by atoms with Crippen LogP contribution in [-0.2, 0) is 42.6 Å². The van der Waals surface area contributed by atoms with E-state index in [9.17, 15) is 9.59 Å². The number of aromatic nitrogens is 3. The fraction of sp³-hybridized carbons (Fsp3) is 0.400. The Labute approximate surface area is 244 Å². The highest BCUT2D eigenvalue weighted by Gasteiger charge is 2.15. The lowest BCUT2D eigenvalue weighted by Crippen LogP contribution is -2.25. The van der Waals surface area contributed by atoms with Crippen molar-refractivity contribution in [2.24, 2.45) is 0 Å². The van der Waals surface area contributed by atoms with E-state index in [-0.39, 0.29) is 16.9 Å². The maximum Gasteiger partial charge on any atom is 0.346 e. The molecular weight excluding hydrogens is 510 g/mol. The van der Waals surface area contributed by atoms with Crippen LogP contribution in [0.25, 0.3) is 11.1 Å². The Morgan fingerprint density at radius 3 is 2.29 bits per heavy atom. The van der Waals surface area contributed by atoms with E-state index in [2.05, 4.69) is 75.4 Å². The molecule has 6 heteroatoms. The molecule has 41 heavy (non-hydrogen) atoms. The first-order valence-electron chi connectivity index (χ1n) is 14.7. The van der Waals surface area contributed by atoms with Gasteiger partial charge in [0.05, 0.1) is 13.2 Å². The molecule has 0 bridgehead atoms. The molecule has 1 heterocycles. The van der Waals surface area contributed by atoms with Crippen LogP contribution in [0.15, 0.2) is 71.5 Å². The van der Waals surface area contributed by atoms with Gasteiger partial charge >= 0.3 is 5.69 Å². The maximum atomic E-state index is 13.1. The number of benzene rings is 3. The van der Waals surface area contributed by atoms with E-state index < -0.39 is 0 Å². The Balaban J connectivity index is 1.47. The summed E-state index contributed by atoms with van der Waals surface area (Å²) < 4.78 is 9.28. The van der Waals surface area contributed by atoms with Crippen LogP contribution in [0.2, 0.25) is 0 Å². The van der Waals surface area contributed by atoms with Gasteiger partial charge in [-0.15, -0.1) is 0 Å². The highest BCUT2D eigenvalue weighted by Crippen LogP contribution is 2.32. The monoisotopic (exact) mass is 553 g/mol. The van der Waals surface area contributed by atoms with Gasteiger partial charge in [-0.25, -0.2) is 9.48 Å². The molecule has 0 amide bonds. The molecule has 216 valence electrons. The van der Waals surface area contributed by atoms with Crippen molar-refractivity contribution in [1.29, 1.82) is 0 Å². The zero-order valence-electron chi connectivity index (χ0n) is 25.4. The van der Waals surface area contributed by atoms with Crippen molar-refractivity contribution in [3.8, 4) is 16.9 Å². The molecule has 0 N–H and O–H groups in total. The van der Waals surface area contributed by atoms with Gasteiger partial charge in [-0.1, -0.05) is 75.4 Å². The summed E-state index contributed by atoms with van der Waals surface area (Å²) in [5.74, 6) is 1.79. The van der Waals surface area contributed by atoms with Gasteiger partial charge in [-0.2, -0.15) is 5.10 Å². The van der Waals surface area contributed by atoms with Gasteiger partial charge in [0.1, 0.15) is 17.4 Å². The predicted octanol–water partition coefficient (Wildman–Crippen LogP) is 6.78. The Bertz CT molecular complexity index is 1540. The summed E-state index contributed by atoms with van der Waals surface area (Å²) >= 11 is 0. The molecule has 3 aromatic carbocycles. The number of carbonyl (C=O) groups excluding carboxylic acids is 1. The molecule has 0 fully saturated rings. The number of ether oxygens (including phenoxy) is 1. The molecule has 0 saturated carbocycles. The van der Waals surface area contributed by atoms with E-state index in [1.165, 1.54) is 11.1 Å². The Morgan fingerprint density at radius 1 is 0.902 bits per heavy atom. The van der Waals surface area contributed by atoms with Crippen molar-refractivity contribution < 1.29 is 9.53 Å². The Morgan fingerprint density at radius 2 is 1.63 bits per heavy atom. The van der Waals surface area contributed by atoms with Crippen molar-refractivity contribution in [3.05, 3.63) is 105 Å². The van der Waals surface area contributed by atoms with Gasteiger partial charge < -0.3 is 4.74 Å². The van der Waals surface area contributed by atoms with Crippen molar-refractivity contribution in [2.75, 3.05) is 6.61 Å². The Hall–Kier alpha value is -3.93. The lowest BCUT2D eigenvalue weighted by atomic mass is 9.87. The summed E-state index contributed by atoms with van der Waals surface area (Å²) in [6, 6.07) is 23.0. The molecule has 0 aliphatic heterocycles.